The highest BCUT2D eigenvalue weighted by molar-refractivity contribution is 6.41. The molecule has 1 aromatic carbocycles. The van der Waals surface area contributed by atoms with E-state index in [-0.39, 0.29) is 5.15 Å². The lowest BCUT2D eigenvalue weighted by molar-refractivity contribution is 1.04. The Bertz CT molecular complexity index is 498. The molecule has 0 aliphatic carbocycles. The Morgan fingerprint density at radius 3 is 2.47 bits per heavy atom. The normalized spacial score (nSPS) is 10.3. The first-order valence-corrected chi connectivity index (χ1v) is 5.19. The molecular weight excluding hydrogens is 231 g/mol. The zero-order chi connectivity index (χ0) is 10.8. The van der Waals surface area contributed by atoms with Gasteiger partial charge in [-0.25, -0.2) is 0 Å². The standard InChI is InChI=1S/C11H8Cl2N2/c1-7-4-2-3-5-8(7)10-6-9(12)11(13)15-14-10/h2-6H,1H3. The molecule has 76 valence electrons. The Morgan fingerprint density at radius 2 is 1.80 bits per heavy atom. The Morgan fingerprint density at radius 1 is 1.07 bits per heavy atom. The zero-order valence-electron chi connectivity index (χ0n) is 8.04. The maximum Gasteiger partial charge on any atom is 0.170 e. The molecule has 0 bridgehead atoms. The summed E-state index contributed by atoms with van der Waals surface area (Å²) >= 11 is 11.6. The van der Waals surface area contributed by atoms with Gasteiger partial charge in [0.2, 0.25) is 0 Å². The molecule has 0 radical (unpaired) electrons. The Hall–Kier alpha value is -1.12. The van der Waals surface area contributed by atoms with Crippen LogP contribution in [0.3, 0.4) is 0 Å². The fourth-order valence-electron chi connectivity index (χ4n) is 1.35. The molecule has 2 rings (SSSR count). The second-order valence-corrected chi connectivity index (χ2v) is 3.95. The molecule has 15 heavy (non-hydrogen) atoms. The summed E-state index contributed by atoms with van der Waals surface area (Å²) in [7, 11) is 0. The minimum atomic E-state index is 0.231. The van der Waals surface area contributed by atoms with E-state index in [0.29, 0.717) is 5.02 Å². The molecule has 0 aliphatic rings. The molecule has 2 nitrogen and oxygen atoms in total. The first-order valence-electron chi connectivity index (χ1n) is 4.43. The van der Waals surface area contributed by atoms with Crippen LogP contribution >= 0.6 is 23.2 Å². The van der Waals surface area contributed by atoms with Crippen molar-refractivity contribution in [2.24, 2.45) is 0 Å². The molecule has 0 saturated heterocycles. The maximum absolute atomic E-state index is 5.88. The van der Waals surface area contributed by atoms with Crippen LogP contribution in [0, 0.1) is 6.92 Å². The number of benzene rings is 1. The van der Waals surface area contributed by atoms with E-state index in [9.17, 15) is 0 Å². The summed E-state index contributed by atoms with van der Waals surface area (Å²) < 4.78 is 0. The molecule has 1 heterocycles. The van der Waals surface area contributed by atoms with E-state index in [1.165, 1.54) is 0 Å². The van der Waals surface area contributed by atoms with Crippen LogP contribution in [0.1, 0.15) is 5.56 Å². The highest BCUT2D eigenvalue weighted by Crippen LogP contribution is 2.26. The maximum atomic E-state index is 5.88. The highest BCUT2D eigenvalue weighted by Gasteiger charge is 2.06. The molecular formula is C11H8Cl2N2. The molecule has 0 atom stereocenters. The summed E-state index contributed by atoms with van der Waals surface area (Å²) in [5, 5.41) is 8.44. The second kappa shape index (κ2) is 4.17. The van der Waals surface area contributed by atoms with Crippen LogP contribution in [0.15, 0.2) is 30.3 Å². The smallest absolute Gasteiger partial charge is 0.149 e. The number of halogens is 2. The first-order chi connectivity index (χ1) is 7.18. The van der Waals surface area contributed by atoms with E-state index >= 15 is 0 Å². The molecule has 2 aromatic rings. The summed E-state index contributed by atoms with van der Waals surface area (Å²) in [6.07, 6.45) is 0. The average Bonchev–Trinajstić information content (AvgIpc) is 2.23. The third kappa shape index (κ3) is 2.11. The number of rotatable bonds is 1. The molecule has 1 aromatic heterocycles. The van der Waals surface area contributed by atoms with Gasteiger partial charge in [0.1, 0.15) is 0 Å². The van der Waals surface area contributed by atoms with Crippen LogP contribution in [-0.4, -0.2) is 10.2 Å². The predicted octanol–water partition coefficient (Wildman–Crippen LogP) is 3.76. The molecule has 0 amide bonds. The molecule has 0 fully saturated rings. The Kier molecular flexibility index (Phi) is 2.89. The minimum Gasteiger partial charge on any atom is -0.149 e. The molecule has 0 N–H and O–H groups in total. The van der Waals surface area contributed by atoms with Crippen molar-refractivity contribution >= 4 is 23.2 Å². The fraction of sp³-hybridized carbons (Fsp3) is 0.0909. The van der Waals surface area contributed by atoms with Crippen molar-refractivity contribution in [2.45, 2.75) is 6.92 Å². The lowest BCUT2D eigenvalue weighted by Gasteiger charge is -2.04. The van der Waals surface area contributed by atoms with Crippen LogP contribution in [-0.2, 0) is 0 Å². The summed E-state index contributed by atoms with van der Waals surface area (Å²) in [5.74, 6) is 0. The van der Waals surface area contributed by atoms with Crippen molar-refractivity contribution in [3.05, 3.63) is 46.1 Å². The second-order valence-electron chi connectivity index (χ2n) is 3.18. The van der Waals surface area contributed by atoms with Gasteiger partial charge in [0, 0.05) is 5.56 Å². The van der Waals surface area contributed by atoms with Gasteiger partial charge in [-0.1, -0.05) is 47.5 Å². The summed E-state index contributed by atoms with van der Waals surface area (Å²) in [6, 6.07) is 9.64. The Balaban J connectivity index is 2.55. The number of aryl methyl sites for hydroxylation is 1. The summed E-state index contributed by atoms with van der Waals surface area (Å²) in [6.45, 7) is 2.01. The molecule has 0 unspecified atom stereocenters. The predicted molar refractivity (Wildman–Crippen MR) is 62.2 cm³/mol. The minimum absolute atomic E-state index is 0.231. The van der Waals surface area contributed by atoms with Crippen molar-refractivity contribution in [1.82, 2.24) is 10.2 Å². The van der Waals surface area contributed by atoms with Crippen molar-refractivity contribution in [1.29, 1.82) is 0 Å². The van der Waals surface area contributed by atoms with E-state index in [0.717, 1.165) is 16.8 Å². The summed E-state index contributed by atoms with van der Waals surface area (Å²) in [5.41, 5.74) is 2.89. The van der Waals surface area contributed by atoms with Crippen LogP contribution in [0.5, 0.6) is 0 Å². The number of nitrogens with zero attached hydrogens (tertiary/aromatic N) is 2. The van der Waals surface area contributed by atoms with Gasteiger partial charge in [-0.2, -0.15) is 0 Å². The number of hydrogen-bond donors (Lipinski definition) is 0. The van der Waals surface area contributed by atoms with E-state index in [1.54, 1.807) is 6.07 Å². The highest BCUT2D eigenvalue weighted by atomic mass is 35.5. The van der Waals surface area contributed by atoms with Crippen molar-refractivity contribution < 1.29 is 0 Å². The van der Waals surface area contributed by atoms with E-state index < -0.39 is 0 Å². The van der Waals surface area contributed by atoms with Gasteiger partial charge in [0.15, 0.2) is 5.15 Å². The lowest BCUT2D eigenvalue weighted by Crippen LogP contribution is -1.90. The number of aromatic nitrogens is 2. The first kappa shape index (κ1) is 10.4. The topological polar surface area (TPSA) is 25.8 Å². The van der Waals surface area contributed by atoms with E-state index in [1.807, 2.05) is 31.2 Å². The van der Waals surface area contributed by atoms with Crippen molar-refractivity contribution in [2.75, 3.05) is 0 Å². The molecule has 0 saturated carbocycles. The quantitative estimate of drug-likeness (QED) is 0.757. The van der Waals surface area contributed by atoms with Crippen molar-refractivity contribution in [3.63, 3.8) is 0 Å². The third-order valence-electron chi connectivity index (χ3n) is 2.13. The van der Waals surface area contributed by atoms with Crippen LogP contribution in [0.25, 0.3) is 11.3 Å². The van der Waals surface area contributed by atoms with Gasteiger partial charge in [0.05, 0.1) is 10.7 Å². The van der Waals surface area contributed by atoms with Gasteiger partial charge in [0.25, 0.3) is 0 Å². The van der Waals surface area contributed by atoms with Gasteiger partial charge in [-0.05, 0) is 18.6 Å². The van der Waals surface area contributed by atoms with Crippen LogP contribution in [0.4, 0.5) is 0 Å². The molecule has 0 spiro atoms. The van der Waals surface area contributed by atoms with Gasteiger partial charge >= 0.3 is 0 Å². The lowest BCUT2D eigenvalue weighted by atomic mass is 10.1. The van der Waals surface area contributed by atoms with Gasteiger partial charge < -0.3 is 0 Å². The fourth-order valence-corrected chi connectivity index (χ4v) is 1.58. The van der Waals surface area contributed by atoms with Gasteiger partial charge in [-0.15, -0.1) is 10.2 Å². The van der Waals surface area contributed by atoms with Crippen LogP contribution < -0.4 is 0 Å². The summed E-state index contributed by atoms with van der Waals surface area (Å²) in [4.78, 5) is 0. The zero-order valence-corrected chi connectivity index (χ0v) is 9.55. The third-order valence-corrected chi connectivity index (χ3v) is 2.79. The van der Waals surface area contributed by atoms with E-state index in [4.69, 9.17) is 23.2 Å². The molecule has 0 aliphatic heterocycles. The number of hydrogen-bond acceptors (Lipinski definition) is 2. The average molecular weight is 239 g/mol. The largest absolute Gasteiger partial charge is 0.170 e. The van der Waals surface area contributed by atoms with Gasteiger partial charge in [-0.3, -0.25) is 0 Å². The molecule has 4 heteroatoms. The Labute approximate surface area is 97.9 Å². The van der Waals surface area contributed by atoms with Crippen LogP contribution in [0.2, 0.25) is 10.2 Å². The SMILES string of the molecule is Cc1ccccc1-c1cc(Cl)c(Cl)nn1. The van der Waals surface area contributed by atoms with Crippen molar-refractivity contribution in [3.8, 4) is 11.3 Å². The monoisotopic (exact) mass is 238 g/mol. The van der Waals surface area contributed by atoms with E-state index in [2.05, 4.69) is 10.2 Å².